The number of nitrogens with one attached hydrogen (secondary N) is 1. The molecule has 5 aromatic rings. The van der Waals surface area contributed by atoms with Crippen molar-refractivity contribution in [1.82, 2.24) is 10.3 Å². The Kier molecular flexibility index (Phi) is 9.21. The van der Waals surface area contributed by atoms with Gasteiger partial charge in [-0.2, -0.15) is 0 Å². The molecule has 2 heterocycles. The number of carbonyl (C=O) groups is 1. The van der Waals surface area contributed by atoms with Gasteiger partial charge in [-0.25, -0.2) is 4.98 Å². The van der Waals surface area contributed by atoms with E-state index in [0.717, 1.165) is 49.0 Å². The van der Waals surface area contributed by atoms with Crippen LogP contribution in [0.3, 0.4) is 0 Å². The molecule has 6 rings (SSSR count). The maximum Gasteiger partial charge on any atom is 0.217 e. The van der Waals surface area contributed by atoms with Crippen LogP contribution in [0.15, 0.2) is 101 Å². The van der Waals surface area contributed by atoms with Crippen LogP contribution in [0.5, 0.6) is 0 Å². The minimum Gasteiger partial charge on any atom is -0.392 e. The quantitative estimate of drug-likeness (QED) is 0.167. The van der Waals surface area contributed by atoms with E-state index in [4.69, 9.17) is 14.5 Å². The monoisotopic (exact) mass is 610 g/mol. The van der Waals surface area contributed by atoms with Gasteiger partial charge in [0.1, 0.15) is 0 Å². The van der Waals surface area contributed by atoms with Crippen molar-refractivity contribution in [3.8, 4) is 11.1 Å². The molecule has 6 nitrogen and oxygen atoms in total. The standard InChI is InChI=1S/C35H34N2O4S2/c1-22-31(21-42-35-37-30-9-5-6-10-32(30)43-35)40-34(41-33(22)26-13-11-24(20-38)12-14-26)27-17-15-25(16-18-27)29-8-4-3-7-28(29)19-36-23(2)39/h3-18,22,31,33-34,38H,19-21H2,1-2H3,(H,36,39)/t22-,31+,33+,34+/m1/s1. The number of hydrogen-bond donors (Lipinski definition) is 2. The molecule has 1 amide bonds. The summed E-state index contributed by atoms with van der Waals surface area (Å²) in [7, 11) is 0. The molecule has 8 heteroatoms. The lowest BCUT2D eigenvalue weighted by Gasteiger charge is -2.41. The van der Waals surface area contributed by atoms with Gasteiger partial charge in [0.05, 0.1) is 29.0 Å². The van der Waals surface area contributed by atoms with E-state index in [0.29, 0.717) is 6.54 Å². The summed E-state index contributed by atoms with van der Waals surface area (Å²) in [6.45, 7) is 4.20. The number of amides is 1. The van der Waals surface area contributed by atoms with Crippen molar-refractivity contribution >= 4 is 39.2 Å². The lowest BCUT2D eigenvalue weighted by molar-refractivity contribution is -0.268. The van der Waals surface area contributed by atoms with Crippen molar-refractivity contribution in [3.63, 3.8) is 0 Å². The molecule has 0 saturated carbocycles. The molecule has 1 fully saturated rings. The van der Waals surface area contributed by atoms with Crippen LogP contribution >= 0.6 is 23.1 Å². The van der Waals surface area contributed by atoms with Crippen LogP contribution in [-0.2, 0) is 27.4 Å². The number of para-hydroxylation sites is 1. The molecule has 0 aliphatic carbocycles. The normalized spacial score (nSPS) is 20.3. The highest BCUT2D eigenvalue weighted by Crippen LogP contribution is 2.44. The Labute approximate surface area is 260 Å². The van der Waals surface area contributed by atoms with Gasteiger partial charge in [0.25, 0.3) is 0 Å². The summed E-state index contributed by atoms with van der Waals surface area (Å²) < 4.78 is 15.5. The molecule has 220 valence electrons. The molecule has 0 bridgehead atoms. The number of aromatic nitrogens is 1. The first kappa shape index (κ1) is 29.5. The van der Waals surface area contributed by atoms with Crippen molar-refractivity contribution in [2.45, 2.75) is 49.8 Å². The Morgan fingerprint density at radius 3 is 2.40 bits per heavy atom. The first-order valence-corrected chi connectivity index (χ1v) is 16.2. The average Bonchev–Trinajstić information content (AvgIpc) is 3.47. The minimum absolute atomic E-state index is 0.00875. The van der Waals surface area contributed by atoms with Gasteiger partial charge in [0, 0.05) is 30.7 Å². The number of aliphatic hydroxyl groups is 1. The second kappa shape index (κ2) is 13.4. The number of ether oxygens (including phenoxy) is 2. The number of hydrogen-bond acceptors (Lipinski definition) is 7. The van der Waals surface area contributed by atoms with Crippen LogP contribution in [0, 0.1) is 5.92 Å². The summed E-state index contributed by atoms with van der Waals surface area (Å²) in [6, 6.07) is 32.6. The Morgan fingerprint density at radius 1 is 0.930 bits per heavy atom. The van der Waals surface area contributed by atoms with Crippen molar-refractivity contribution in [2.24, 2.45) is 5.92 Å². The van der Waals surface area contributed by atoms with Crippen molar-refractivity contribution < 1.29 is 19.4 Å². The van der Waals surface area contributed by atoms with E-state index in [1.807, 2.05) is 60.7 Å². The predicted octanol–water partition coefficient (Wildman–Crippen LogP) is 7.68. The van der Waals surface area contributed by atoms with Gasteiger partial charge >= 0.3 is 0 Å². The lowest BCUT2D eigenvalue weighted by Crippen LogP contribution is -2.38. The van der Waals surface area contributed by atoms with E-state index in [-0.39, 0.29) is 30.6 Å². The predicted molar refractivity (Wildman–Crippen MR) is 173 cm³/mol. The molecular weight excluding hydrogens is 577 g/mol. The Balaban J connectivity index is 1.25. The van der Waals surface area contributed by atoms with Crippen molar-refractivity contribution in [3.05, 3.63) is 119 Å². The SMILES string of the molecule is CC(=O)NCc1ccccc1-c1ccc([C@H]2O[C@@H](CSc3nc4ccccc4s3)[C@@H](C)[C@@H](c3ccc(CO)cc3)O2)cc1. The third-order valence-corrected chi connectivity index (χ3v) is 10.1. The Bertz CT molecular complexity index is 1650. The van der Waals surface area contributed by atoms with E-state index >= 15 is 0 Å². The van der Waals surface area contributed by atoms with E-state index < -0.39 is 6.29 Å². The van der Waals surface area contributed by atoms with Crippen LogP contribution in [0.4, 0.5) is 0 Å². The van der Waals surface area contributed by atoms with Crippen LogP contribution < -0.4 is 5.32 Å². The van der Waals surface area contributed by atoms with Crippen LogP contribution in [0.25, 0.3) is 21.3 Å². The number of aliphatic hydroxyl groups excluding tert-OH is 1. The molecule has 4 aromatic carbocycles. The third kappa shape index (κ3) is 6.84. The number of thiazole rings is 1. The number of nitrogens with zero attached hydrogens (tertiary/aromatic N) is 1. The highest BCUT2D eigenvalue weighted by Gasteiger charge is 2.38. The first-order chi connectivity index (χ1) is 21.0. The van der Waals surface area contributed by atoms with Crippen LogP contribution in [0.2, 0.25) is 0 Å². The van der Waals surface area contributed by atoms with Crippen LogP contribution in [-0.4, -0.2) is 27.9 Å². The van der Waals surface area contributed by atoms with Gasteiger partial charge in [0.15, 0.2) is 10.6 Å². The third-order valence-electron chi connectivity index (χ3n) is 7.81. The number of thioether (sulfide) groups is 1. The van der Waals surface area contributed by atoms with E-state index in [9.17, 15) is 9.90 Å². The van der Waals surface area contributed by atoms with Gasteiger partial charge < -0.3 is 19.9 Å². The summed E-state index contributed by atoms with van der Waals surface area (Å²) >= 11 is 3.44. The highest BCUT2D eigenvalue weighted by atomic mass is 32.2. The fourth-order valence-corrected chi connectivity index (χ4v) is 7.63. The van der Waals surface area contributed by atoms with Crippen molar-refractivity contribution in [2.75, 3.05) is 5.75 Å². The zero-order valence-corrected chi connectivity index (χ0v) is 25.7. The number of benzene rings is 4. The lowest BCUT2D eigenvalue weighted by atomic mass is 9.91. The van der Waals surface area contributed by atoms with Gasteiger partial charge in [-0.1, -0.05) is 104 Å². The largest absolute Gasteiger partial charge is 0.392 e. The molecule has 1 aromatic heterocycles. The molecular formula is C35H34N2O4S2. The first-order valence-electron chi connectivity index (χ1n) is 14.4. The molecule has 2 N–H and O–H groups in total. The van der Waals surface area contributed by atoms with Crippen molar-refractivity contribution in [1.29, 1.82) is 0 Å². The maximum atomic E-state index is 11.5. The molecule has 1 saturated heterocycles. The molecule has 0 unspecified atom stereocenters. The molecule has 1 aliphatic rings. The fraction of sp³-hybridized carbons (Fsp3) is 0.257. The topological polar surface area (TPSA) is 80.7 Å². The summed E-state index contributed by atoms with van der Waals surface area (Å²) in [5, 5.41) is 12.5. The van der Waals surface area contributed by atoms with Crippen LogP contribution in [0.1, 0.15) is 48.5 Å². The van der Waals surface area contributed by atoms with E-state index in [1.165, 1.54) is 11.6 Å². The maximum absolute atomic E-state index is 11.5. The number of rotatable bonds is 9. The second-order valence-corrected chi connectivity index (χ2v) is 13.1. The summed E-state index contributed by atoms with van der Waals surface area (Å²) in [6.07, 6.45) is -0.787. The molecule has 1 aliphatic heterocycles. The zero-order valence-electron chi connectivity index (χ0n) is 24.1. The van der Waals surface area contributed by atoms with E-state index in [2.05, 4.69) is 48.6 Å². The van der Waals surface area contributed by atoms with Gasteiger partial charge in [0.2, 0.25) is 5.91 Å². The molecule has 43 heavy (non-hydrogen) atoms. The molecule has 0 radical (unpaired) electrons. The average molecular weight is 611 g/mol. The molecule has 4 atom stereocenters. The van der Waals surface area contributed by atoms with Gasteiger partial charge in [-0.05, 0) is 39.9 Å². The smallest absolute Gasteiger partial charge is 0.217 e. The summed E-state index contributed by atoms with van der Waals surface area (Å²) in [5.74, 6) is 0.793. The molecule has 0 spiro atoms. The minimum atomic E-state index is -0.539. The fourth-order valence-electron chi connectivity index (χ4n) is 5.37. The zero-order chi connectivity index (χ0) is 29.8. The summed E-state index contributed by atoms with van der Waals surface area (Å²) in [4.78, 5) is 16.3. The number of carbonyl (C=O) groups excluding carboxylic acids is 1. The second-order valence-electron chi connectivity index (χ2n) is 10.8. The summed E-state index contributed by atoms with van der Waals surface area (Å²) in [5.41, 5.74) is 7.11. The van der Waals surface area contributed by atoms with Gasteiger partial charge in [-0.15, -0.1) is 11.3 Å². The Morgan fingerprint density at radius 2 is 1.65 bits per heavy atom. The Hall–Kier alpha value is -3.53. The highest BCUT2D eigenvalue weighted by molar-refractivity contribution is 8.01. The van der Waals surface area contributed by atoms with Gasteiger partial charge in [-0.3, -0.25) is 4.79 Å². The number of fused-ring (bicyclic) bond motifs is 1. The van der Waals surface area contributed by atoms with E-state index in [1.54, 1.807) is 23.1 Å².